The third kappa shape index (κ3) is 5.02. The van der Waals surface area contributed by atoms with Gasteiger partial charge in [0.1, 0.15) is 12.3 Å². The second-order valence-electron chi connectivity index (χ2n) is 6.96. The van der Waals surface area contributed by atoms with Crippen molar-refractivity contribution in [2.75, 3.05) is 17.2 Å². The first-order chi connectivity index (χ1) is 14.4. The predicted octanol–water partition coefficient (Wildman–Crippen LogP) is 3.49. The fraction of sp³-hybridized carbons (Fsp3) is 0.273. The summed E-state index contributed by atoms with van der Waals surface area (Å²) in [5.41, 5.74) is 4.15. The van der Waals surface area contributed by atoms with E-state index in [1.807, 2.05) is 39.0 Å². The molecule has 2 amide bonds. The monoisotopic (exact) mass is 407 g/mol. The Morgan fingerprint density at radius 3 is 2.43 bits per heavy atom. The van der Waals surface area contributed by atoms with Gasteiger partial charge in [0, 0.05) is 11.4 Å². The van der Waals surface area contributed by atoms with Crippen molar-refractivity contribution < 1.29 is 14.3 Å². The second-order valence-corrected chi connectivity index (χ2v) is 6.96. The largest absolute Gasteiger partial charge is 0.494 e. The third-order valence-corrected chi connectivity index (χ3v) is 4.57. The van der Waals surface area contributed by atoms with Crippen LogP contribution in [-0.4, -0.2) is 33.4 Å². The van der Waals surface area contributed by atoms with Gasteiger partial charge in [0.2, 0.25) is 5.91 Å². The lowest BCUT2D eigenvalue weighted by Gasteiger charge is -2.10. The van der Waals surface area contributed by atoms with Crippen LogP contribution >= 0.6 is 0 Å². The van der Waals surface area contributed by atoms with Crippen molar-refractivity contribution in [3.05, 3.63) is 65.0 Å². The summed E-state index contributed by atoms with van der Waals surface area (Å²) in [6.07, 6.45) is 0. The van der Waals surface area contributed by atoms with Crippen molar-refractivity contribution in [1.29, 1.82) is 0 Å². The zero-order valence-electron chi connectivity index (χ0n) is 17.5. The number of hydrogen-bond donors (Lipinski definition) is 2. The molecule has 0 fully saturated rings. The number of nitrogens with zero attached hydrogens (tertiary/aromatic N) is 3. The van der Waals surface area contributed by atoms with Crippen LogP contribution in [0.25, 0.3) is 0 Å². The molecular formula is C22H25N5O3. The van der Waals surface area contributed by atoms with Crippen LogP contribution in [0.4, 0.5) is 11.4 Å². The Labute approximate surface area is 175 Å². The number of ether oxygens (including phenoxy) is 1. The maximum atomic E-state index is 12.6. The number of rotatable bonds is 7. The molecule has 156 valence electrons. The van der Waals surface area contributed by atoms with Gasteiger partial charge in [-0.1, -0.05) is 22.9 Å². The number of anilines is 2. The fourth-order valence-corrected chi connectivity index (χ4v) is 2.99. The lowest BCUT2D eigenvalue weighted by molar-refractivity contribution is -0.117. The SMILES string of the molecule is CCOc1ccc(NC(=O)c2nnn(CC(=O)Nc3ccc(C)cc3C)c2C)cc1. The van der Waals surface area contributed by atoms with Crippen molar-refractivity contribution in [3.8, 4) is 5.75 Å². The Morgan fingerprint density at radius 1 is 1.03 bits per heavy atom. The Hall–Kier alpha value is -3.68. The van der Waals surface area contributed by atoms with Gasteiger partial charge in [-0.15, -0.1) is 5.10 Å². The summed E-state index contributed by atoms with van der Waals surface area (Å²) in [4.78, 5) is 25.0. The maximum Gasteiger partial charge on any atom is 0.278 e. The Bertz CT molecular complexity index is 1060. The molecule has 0 radical (unpaired) electrons. The van der Waals surface area contributed by atoms with Crippen LogP contribution in [0.5, 0.6) is 5.75 Å². The summed E-state index contributed by atoms with van der Waals surface area (Å²) in [5.74, 6) is 0.0959. The van der Waals surface area contributed by atoms with Gasteiger partial charge in [0.15, 0.2) is 5.69 Å². The molecule has 0 aliphatic heterocycles. The van der Waals surface area contributed by atoms with Gasteiger partial charge in [-0.25, -0.2) is 4.68 Å². The van der Waals surface area contributed by atoms with Crippen LogP contribution < -0.4 is 15.4 Å². The molecular weight excluding hydrogens is 382 g/mol. The van der Waals surface area contributed by atoms with Gasteiger partial charge in [-0.3, -0.25) is 9.59 Å². The lowest BCUT2D eigenvalue weighted by atomic mass is 10.1. The zero-order valence-corrected chi connectivity index (χ0v) is 17.5. The Morgan fingerprint density at radius 2 is 1.77 bits per heavy atom. The molecule has 0 saturated carbocycles. The number of amides is 2. The number of aryl methyl sites for hydroxylation is 2. The normalized spacial score (nSPS) is 10.5. The van der Waals surface area contributed by atoms with E-state index in [1.54, 1.807) is 31.2 Å². The molecule has 8 nitrogen and oxygen atoms in total. The van der Waals surface area contributed by atoms with Crippen LogP contribution in [0.3, 0.4) is 0 Å². The van der Waals surface area contributed by atoms with E-state index in [1.165, 1.54) is 4.68 Å². The van der Waals surface area contributed by atoms with E-state index in [0.717, 1.165) is 22.6 Å². The lowest BCUT2D eigenvalue weighted by Crippen LogP contribution is -2.21. The first kappa shape index (κ1) is 21.0. The van der Waals surface area contributed by atoms with Gasteiger partial charge >= 0.3 is 0 Å². The fourth-order valence-electron chi connectivity index (χ4n) is 2.99. The molecule has 1 aromatic heterocycles. The van der Waals surface area contributed by atoms with Crippen molar-refractivity contribution in [2.24, 2.45) is 0 Å². The van der Waals surface area contributed by atoms with E-state index in [2.05, 4.69) is 20.9 Å². The first-order valence-corrected chi connectivity index (χ1v) is 9.68. The molecule has 0 aliphatic rings. The summed E-state index contributed by atoms with van der Waals surface area (Å²) >= 11 is 0. The number of nitrogens with one attached hydrogen (secondary N) is 2. The van der Waals surface area contributed by atoms with Crippen LogP contribution in [0, 0.1) is 20.8 Å². The van der Waals surface area contributed by atoms with Crippen LogP contribution in [0.2, 0.25) is 0 Å². The molecule has 0 unspecified atom stereocenters. The van der Waals surface area contributed by atoms with Crippen molar-refractivity contribution >= 4 is 23.2 Å². The quantitative estimate of drug-likeness (QED) is 0.625. The summed E-state index contributed by atoms with van der Waals surface area (Å²) in [6.45, 7) is 8.08. The molecule has 30 heavy (non-hydrogen) atoms. The molecule has 3 rings (SSSR count). The van der Waals surface area contributed by atoms with Gasteiger partial charge in [0.05, 0.1) is 12.3 Å². The maximum absolute atomic E-state index is 12.6. The summed E-state index contributed by atoms with van der Waals surface area (Å²) in [7, 11) is 0. The molecule has 0 bridgehead atoms. The zero-order chi connectivity index (χ0) is 21.7. The number of carbonyl (C=O) groups is 2. The van der Waals surface area contributed by atoms with E-state index < -0.39 is 5.91 Å². The summed E-state index contributed by atoms with van der Waals surface area (Å²) in [5, 5.41) is 13.5. The van der Waals surface area contributed by atoms with Crippen molar-refractivity contribution in [2.45, 2.75) is 34.2 Å². The molecule has 0 saturated heterocycles. The highest BCUT2D eigenvalue weighted by Crippen LogP contribution is 2.18. The highest BCUT2D eigenvalue weighted by atomic mass is 16.5. The van der Waals surface area contributed by atoms with E-state index in [-0.39, 0.29) is 18.1 Å². The minimum Gasteiger partial charge on any atom is -0.494 e. The average Bonchev–Trinajstić information content (AvgIpc) is 3.06. The highest BCUT2D eigenvalue weighted by Gasteiger charge is 2.18. The number of hydrogen-bond acceptors (Lipinski definition) is 5. The van der Waals surface area contributed by atoms with Crippen LogP contribution in [0.1, 0.15) is 34.2 Å². The Kier molecular flexibility index (Phi) is 6.46. The smallest absolute Gasteiger partial charge is 0.278 e. The van der Waals surface area contributed by atoms with Gasteiger partial charge in [-0.2, -0.15) is 0 Å². The first-order valence-electron chi connectivity index (χ1n) is 9.68. The van der Waals surface area contributed by atoms with Crippen LogP contribution in [-0.2, 0) is 11.3 Å². The molecule has 2 N–H and O–H groups in total. The Balaban J connectivity index is 1.64. The summed E-state index contributed by atoms with van der Waals surface area (Å²) < 4.78 is 6.80. The molecule has 3 aromatic rings. The molecule has 1 heterocycles. The van der Waals surface area contributed by atoms with Crippen molar-refractivity contribution in [3.63, 3.8) is 0 Å². The minimum atomic E-state index is -0.391. The molecule has 8 heteroatoms. The van der Waals surface area contributed by atoms with Gasteiger partial charge in [-0.05, 0) is 63.6 Å². The third-order valence-electron chi connectivity index (χ3n) is 4.57. The molecule has 0 atom stereocenters. The van der Waals surface area contributed by atoms with Crippen LogP contribution in [0.15, 0.2) is 42.5 Å². The minimum absolute atomic E-state index is 0.0392. The average molecular weight is 407 g/mol. The molecule has 2 aromatic carbocycles. The van der Waals surface area contributed by atoms with E-state index >= 15 is 0 Å². The number of carbonyl (C=O) groups excluding carboxylic acids is 2. The van der Waals surface area contributed by atoms with E-state index in [9.17, 15) is 9.59 Å². The number of aromatic nitrogens is 3. The summed E-state index contributed by atoms with van der Waals surface area (Å²) in [6, 6.07) is 12.9. The molecule has 0 aliphatic carbocycles. The topological polar surface area (TPSA) is 98.1 Å². The van der Waals surface area contributed by atoms with E-state index in [4.69, 9.17) is 4.74 Å². The highest BCUT2D eigenvalue weighted by molar-refractivity contribution is 6.03. The second kappa shape index (κ2) is 9.21. The predicted molar refractivity (Wildman–Crippen MR) is 115 cm³/mol. The van der Waals surface area contributed by atoms with Gasteiger partial charge in [0.25, 0.3) is 5.91 Å². The van der Waals surface area contributed by atoms with E-state index in [0.29, 0.717) is 18.0 Å². The van der Waals surface area contributed by atoms with Crippen molar-refractivity contribution in [1.82, 2.24) is 15.0 Å². The number of benzene rings is 2. The van der Waals surface area contributed by atoms with Gasteiger partial charge < -0.3 is 15.4 Å². The molecule has 0 spiro atoms. The standard InChI is InChI=1S/C22H25N5O3/c1-5-30-18-9-7-17(8-10-18)23-22(29)21-16(4)27(26-25-21)13-20(28)24-19-11-6-14(2)12-15(19)3/h6-12H,5,13H2,1-4H3,(H,23,29)(H,24,28).